The van der Waals surface area contributed by atoms with Crippen molar-refractivity contribution in [2.45, 2.75) is 44.5 Å². The van der Waals surface area contributed by atoms with Crippen LogP contribution in [0.15, 0.2) is 42.5 Å². The number of nitrogens with one attached hydrogen (secondary N) is 1. The van der Waals surface area contributed by atoms with Crippen molar-refractivity contribution in [1.82, 2.24) is 15.3 Å². The van der Waals surface area contributed by atoms with Crippen LogP contribution in [0.5, 0.6) is 11.6 Å². The van der Waals surface area contributed by atoms with Crippen LogP contribution in [0.3, 0.4) is 0 Å². The number of carboxylic acid groups (broad SMARTS) is 1. The first-order valence-electron chi connectivity index (χ1n) is 13.7. The van der Waals surface area contributed by atoms with E-state index in [0.29, 0.717) is 44.7 Å². The molecule has 9 nitrogen and oxygen atoms in total. The Balaban J connectivity index is 1.42. The van der Waals surface area contributed by atoms with E-state index in [4.69, 9.17) is 26.8 Å². The molecule has 2 saturated heterocycles. The Morgan fingerprint density at radius 3 is 2.58 bits per heavy atom. The number of nitrogens with zero attached hydrogens (tertiary/aromatic N) is 3. The van der Waals surface area contributed by atoms with Crippen LogP contribution in [0.1, 0.15) is 37.9 Å². The maximum absolute atomic E-state index is 14.7. The zero-order valence-corrected chi connectivity index (χ0v) is 23.9. The number of aromatic nitrogens is 2. The van der Waals surface area contributed by atoms with Gasteiger partial charge in [0.05, 0.1) is 6.61 Å². The number of carboxylic acids is 1. The molecule has 230 valence electrons. The molecule has 3 heterocycles. The minimum atomic E-state index is -4.90. The molecule has 1 unspecified atom stereocenters. The van der Waals surface area contributed by atoms with Crippen LogP contribution < -0.4 is 25.4 Å². The molecule has 3 aromatic rings. The predicted molar refractivity (Wildman–Crippen MR) is 152 cm³/mol. The molecule has 0 aliphatic carbocycles. The monoisotopic (exact) mass is 623 g/mol. The van der Waals surface area contributed by atoms with Crippen LogP contribution in [0.2, 0.25) is 5.02 Å². The first-order chi connectivity index (χ1) is 20.4. The average molecular weight is 624 g/mol. The lowest BCUT2D eigenvalue weighted by molar-refractivity contribution is -0.198. The van der Waals surface area contributed by atoms with Gasteiger partial charge in [-0.1, -0.05) is 23.7 Å². The molecule has 0 radical (unpaired) electrons. The van der Waals surface area contributed by atoms with Gasteiger partial charge in [0, 0.05) is 36.3 Å². The molecule has 14 heteroatoms. The highest BCUT2D eigenvalue weighted by Gasteiger charge is 2.46. The van der Waals surface area contributed by atoms with E-state index >= 15 is 0 Å². The van der Waals surface area contributed by atoms with Crippen molar-refractivity contribution in [3.63, 3.8) is 0 Å². The average Bonchev–Trinajstić information content (AvgIpc) is 3.36. The number of hydrogen-bond donors (Lipinski definition) is 3. The number of hydrogen-bond acceptors (Lipinski definition) is 8. The van der Waals surface area contributed by atoms with Gasteiger partial charge in [-0.05, 0) is 67.0 Å². The van der Waals surface area contributed by atoms with Crippen LogP contribution >= 0.6 is 11.6 Å². The fourth-order valence-electron chi connectivity index (χ4n) is 5.71. The molecule has 0 saturated carbocycles. The van der Waals surface area contributed by atoms with E-state index in [1.54, 1.807) is 6.92 Å². The third-order valence-corrected chi connectivity index (χ3v) is 8.12. The summed E-state index contributed by atoms with van der Waals surface area (Å²) in [5.41, 5.74) is 5.58. The second-order valence-corrected chi connectivity index (χ2v) is 11.2. The maximum atomic E-state index is 14.7. The van der Waals surface area contributed by atoms with Gasteiger partial charge in [0.15, 0.2) is 11.6 Å². The summed E-state index contributed by atoms with van der Waals surface area (Å²) in [6.45, 7) is 3.47. The number of aliphatic carboxylic acids is 1. The zero-order chi connectivity index (χ0) is 30.9. The molecule has 2 aliphatic heterocycles. The molecule has 0 bridgehead atoms. The molecule has 2 fully saturated rings. The standard InChI is InChI=1S/C29H30ClF4N5O4/c1-2-42-22-6-3-16(11-20(22)31)19-12-17(30)4-5-18(19)25(29(32,33)34)43-24-13-23(37-27(35)38-24)39-9-7-28(8-10-39)14-21(26(40)41)36-15-28/h3-6,11-13,21,25,36H,2,7-10,14-15H2,1H3,(H,40,41)(H2,35,37,38)/t21?,25-/m1/s1. The molecule has 5 rings (SSSR count). The Bertz CT molecular complexity index is 1500. The summed E-state index contributed by atoms with van der Waals surface area (Å²) in [5.74, 6) is -2.02. The number of rotatable bonds is 8. The Morgan fingerprint density at radius 2 is 1.95 bits per heavy atom. The molecule has 43 heavy (non-hydrogen) atoms. The Kier molecular flexibility index (Phi) is 8.57. The minimum Gasteiger partial charge on any atom is -0.491 e. The smallest absolute Gasteiger partial charge is 0.429 e. The number of carbonyl (C=O) groups is 1. The quantitative estimate of drug-likeness (QED) is 0.274. The SMILES string of the molecule is CCOc1ccc(-c2cc(Cl)ccc2[C@@H](Oc2cc(N3CCC4(CC3)CNC(C(=O)O)C4)nc(N)n2)C(F)(F)F)cc1F. The van der Waals surface area contributed by atoms with Gasteiger partial charge >= 0.3 is 12.1 Å². The number of benzene rings is 2. The first kappa shape index (κ1) is 30.6. The topological polar surface area (TPSA) is 123 Å². The van der Waals surface area contributed by atoms with E-state index in [1.165, 1.54) is 36.4 Å². The molecule has 2 aromatic carbocycles. The van der Waals surface area contributed by atoms with E-state index in [0.717, 1.165) is 6.07 Å². The van der Waals surface area contributed by atoms with Gasteiger partial charge < -0.3 is 30.5 Å². The highest BCUT2D eigenvalue weighted by atomic mass is 35.5. The number of anilines is 2. The number of piperidine rings is 1. The summed E-state index contributed by atoms with van der Waals surface area (Å²) in [6.07, 6.45) is -5.56. The van der Waals surface area contributed by atoms with Crippen molar-refractivity contribution in [3.8, 4) is 22.8 Å². The van der Waals surface area contributed by atoms with E-state index < -0.39 is 36.0 Å². The van der Waals surface area contributed by atoms with Crippen molar-refractivity contribution in [3.05, 3.63) is 58.9 Å². The largest absolute Gasteiger partial charge is 0.491 e. The predicted octanol–water partition coefficient (Wildman–Crippen LogP) is 5.63. The molecule has 2 atom stereocenters. The van der Waals surface area contributed by atoms with Crippen molar-refractivity contribution in [2.24, 2.45) is 5.41 Å². The molecule has 0 amide bonds. The van der Waals surface area contributed by atoms with Crippen LogP contribution in [-0.4, -0.2) is 59.5 Å². The Labute approximate surface area is 250 Å². The number of nitrogen functional groups attached to an aromatic ring is 1. The van der Waals surface area contributed by atoms with E-state index in [9.17, 15) is 27.5 Å². The second kappa shape index (κ2) is 12.0. The third kappa shape index (κ3) is 6.72. The zero-order valence-electron chi connectivity index (χ0n) is 23.1. The van der Waals surface area contributed by atoms with Gasteiger partial charge in [0.2, 0.25) is 17.9 Å². The number of halogens is 5. The molecule has 2 aliphatic rings. The number of ether oxygens (including phenoxy) is 2. The summed E-state index contributed by atoms with van der Waals surface area (Å²) in [5, 5.41) is 12.5. The van der Waals surface area contributed by atoms with Crippen LogP contribution in [0.25, 0.3) is 11.1 Å². The van der Waals surface area contributed by atoms with Gasteiger partial charge in [-0.2, -0.15) is 23.1 Å². The molecular weight excluding hydrogens is 594 g/mol. The summed E-state index contributed by atoms with van der Waals surface area (Å²) in [7, 11) is 0. The highest BCUT2D eigenvalue weighted by molar-refractivity contribution is 6.30. The van der Waals surface area contributed by atoms with Crippen molar-refractivity contribution < 1.29 is 36.9 Å². The van der Waals surface area contributed by atoms with Crippen molar-refractivity contribution in [2.75, 3.05) is 36.9 Å². The summed E-state index contributed by atoms with van der Waals surface area (Å²) in [4.78, 5) is 21.4. The van der Waals surface area contributed by atoms with E-state index in [-0.39, 0.29) is 45.4 Å². The fourth-order valence-corrected chi connectivity index (χ4v) is 5.88. The molecule has 1 spiro atoms. The third-order valence-electron chi connectivity index (χ3n) is 7.89. The Morgan fingerprint density at radius 1 is 1.21 bits per heavy atom. The molecule has 4 N–H and O–H groups in total. The minimum absolute atomic E-state index is 0.0187. The van der Waals surface area contributed by atoms with Crippen molar-refractivity contribution in [1.29, 1.82) is 0 Å². The molecule has 1 aromatic heterocycles. The van der Waals surface area contributed by atoms with E-state index in [1.807, 2.05) is 4.90 Å². The van der Waals surface area contributed by atoms with Gasteiger partial charge in [0.1, 0.15) is 11.9 Å². The lowest BCUT2D eigenvalue weighted by Gasteiger charge is -2.39. The lowest BCUT2D eigenvalue weighted by atomic mass is 9.76. The summed E-state index contributed by atoms with van der Waals surface area (Å²) < 4.78 is 69.1. The Hall–Kier alpha value is -3.84. The highest BCUT2D eigenvalue weighted by Crippen LogP contribution is 2.44. The normalized spacial score (nSPS) is 18.9. The second-order valence-electron chi connectivity index (χ2n) is 10.7. The van der Waals surface area contributed by atoms with Gasteiger partial charge in [-0.25, -0.2) is 4.39 Å². The van der Waals surface area contributed by atoms with Crippen LogP contribution in [-0.2, 0) is 4.79 Å². The fraction of sp³-hybridized carbons (Fsp3) is 0.414. The summed E-state index contributed by atoms with van der Waals surface area (Å²) in [6, 6.07) is 8.35. The summed E-state index contributed by atoms with van der Waals surface area (Å²) >= 11 is 6.15. The van der Waals surface area contributed by atoms with Crippen molar-refractivity contribution >= 4 is 29.3 Å². The van der Waals surface area contributed by atoms with E-state index in [2.05, 4.69) is 15.3 Å². The van der Waals surface area contributed by atoms with Crippen LogP contribution in [0.4, 0.5) is 29.3 Å². The lowest BCUT2D eigenvalue weighted by Crippen LogP contribution is -2.41. The molecular formula is C29H30ClF4N5O4. The maximum Gasteiger partial charge on any atom is 0.429 e. The van der Waals surface area contributed by atoms with Gasteiger partial charge in [-0.3, -0.25) is 4.79 Å². The number of alkyl halides is 3. The van der Waals surface area contributed by atoms with Gasteiger partial charge in [0.25, 0.3) is 0 Å². The number of nitrogens with two attached hydrogens (primary N) is 1. The van der Waals surface area contributed by atoms with Crippen LogP contribution in [0, 0.1) is 11.2 Å². The first-order valence-corrected chi connectivity index (χ1v) is 14.1. The van der Waals surface area contributed by atoms with Gasteiger partial charge in [-0.15, -0.1) is 0 Å².